The van der Waals surface area contributed by atoms with Crippen LogP contribution in [0.25, 0.3) is 10.9 Å². The third kappa shape index (κ3) is 5.63. The molecule has 36 heavy (non-hydrogen) atoms. The summed E-state index contributed by atoms with van der Waals surface area (Å²) < 4.78 is 8.02. The number of nitrogens with zero attached hydrogens (tertiary/aromatic N) is 4. The summed E-state index contributed by atoms with van der Waals surface area (Å²) in [6, 6.07) is 16.6. The van der Waals surface area contributed by atoms with Gasteiger partial charge in [0.15, 0.2) is 0 Å². The number of aromatic nitrogens is 2. The van der Waals surface area contributed by atoms with E-state index in [-0.39, 0.29) is 23.8 Å². The van der Waals surface area contributed by atoms with Crippen LogP contribution in [0.4, 0.5) is 5.69 Å². The molecule has 1 aromatic heterocycles. The topological polar surface area (TPSA) is 99.6 Å². The molecular weight excluding hydrogens is 548 g/mol. The maximum absolute atomic E-state index is 13.4. The fourth-order valence-electron chi connectivity index (χ4n) is 3.57. The number of benzene rings is 3. The lowest BCUT2D eigenvalue weighted by atomic mass is 10.1. The fraction of sp³-hybridized carbons (Fsp3) is 0.192. The molecule has 0 bridgehead atoms. The van der Waals surface area contributed by atoms with E-state index in [0.717, 1.165) is 10.9 Å². The van der Waals surface area contributed by atoms with Crippen molar-refractivity contribution < 1.29 is 9.66 Å². The standard InChI is InChI=1S/C26H22BrClN4O4/c1-3-16(2)25-30-23-9-7-19(27)13-22(23)26(33)31(25)29-14-18-12-20(28)8-10-24(18)36-15-17-5-4-6-21(11-17)32(34)35/h4-14,16H,3,15H2,1-2H3/t16-/m0/s1. The molecule has 0 saturated carbocycles. The average Bonchev–Trinajstić information content (AvgIpc) is 2.87. The van der Waals surface area contributed by atoms with Crippen molar-refractivity contribution in [1.29, 1.82) is 0 Å². The van der Waals surface area contributed by atoms with Crippen LogP contribution in [-0.4, -0.2) is 20.8 Å². The molecule has 0 saturated heterocycles. The van der Waals surface area contributed by atoms with Crippen LogP contribution >= 0.6 is 27.5 Å². The molecule has 0 unspecified atom stereocenters. The number of halogens is 2. The summed E-state index contributed by atoms with van der Waals surface area (Å²) in [7, 11) is 0. The highest BCUT2D eigenvalue weighted by molar-refractivity contribution is 9.10. The third-order valence-electron chi connectivity index (χ3n) is 5.69. The largest absolute Gasteiger partial charge is 0.488 e. The first-order chi connectivity index (χ1) is 17.3. The van der Waals surface area contributed by atoms with Gasteiger partial charge in [0.25, 0.3) is 11.2 Å². The summed E-state index contributed by atoms with van der Waals surface area (Å²) in [6.45, 7) is 4.12. The Hall–Kier alpha value is -3.56. The second-order valence-corrected chi connectivity index (χ2v) is 9.55. The molecule has 1 heterocycles. The van der Waals surface area contributed by atoms with Crippen molar-refractivity contribution in [2.75, 3.05) is 0 Å². The van der Waals surface area contributed by atoms with E-state index in [0.29, 0.717) is 38.6 Å². The van der Waals surface area contributed by atoms with Crippen LogP contribution in [0.1, 0.15) is 43.1 Å². The van der Waals surface area contributed by atoms with E-state index < -0.39 is 4.92 Å². The monoisotopic (exact) mass is 568 g/mol. The van der Waals surface area contributed by atoms with Gasteiger partial charge in [0.1, 0.15) is 18.2 Å². The minimum Gasteiger partial charge on any atom is -0.488 e. The lowest BCUT2D eigenvalue weighted by Crippen LogP contribution is -2.23. The highest BCUT2D eigenvalue weighted by atomic mass is 79.9. The molecule has 0 radical (unpaired) electrons. The van der Waals surface area contributed by atoms with Gasteiger partial charge in [-0.3, -0.25) is 14.9 Å². The lowest BCUT2D eigenvalue weighted by Gasteiger charge is -2.14. The van der Waals surface area contributed by atoms with E-state index in [1.165, 1.54) is 23.0 Å². The van der Waals surface area contributed by atoms with E-state index in [1.807, 2.05) is 19.9 Å². The molecule has 4 aromatic rings. The predicted octanol–water partition coefficient (Wildman–Crippen LogP) is 6.70. The Bertz CT molecular complexity index is 1540. The molecule has 0 fully saturated rings. The van der Waals surface area contributed by atoms with Crippen LogP contribution in [-0.2, 0) is 6.61 Å². The van der Waals surface area contributed by atoms with E-state index in [1.54, 1.807) is 42.5 Å². The van der Waals surface area contributed by atoms with Gasteiger partial charge in [0.2, 0.25) is 0 Å². The van der Waals surface area contributed by atoms with Gasteiger partial charge in [0.05, 0.1) is 22.0 Å². The molecule has 10 heteroatoms. The molecule has 0 N–H and O–H groups in total. The summed E-state index contributed by atoms with van der Waals surface area (Å²) in [6.07, 6.45) is 2.28. The summed E-state index contributed by atoms with van der Waals surface area (Å²) in [5, 5.41) is 16.5. The van der Waals surface area contributed by atoms with Gasteiger partial charge in [-0.15, -0.1) is 0 Å². The first-order valence-corrected chi connectivity index (χ1v) is 12.4. The van der Waals surface area contributed by atoms with E-state index in [9.17, 15) is 14.9 Å². The van der Waals surface area contributed by atoms with Crippen LogP contribution in [0.3, 0.4) is 0 Å². The van der Waals surface area contributed by atoms with Crippen LogP contribution in [0.5, 0.6) is 5.75 Å². The minimum absolute atomic E-state index is 0.00755. The van der Waals surface area contributed by atoms with Crippen molar-refractivity contribution in [2.45, 2.75) is 32.8 Å². The minimum atomic E-state index is -0.452. The van der Waals surface area contributed by atoms with E-state index >= 15 is 0 Å². The number of ether oxygens (including phenoxy) is 1. The molecule has 1 atom stereocenters. The number of fused-ring (bicyclic) bond motifs is 1. The van der Waals surface area contributed by atoms with Gasteiger partial charge in [-0.2, -0.15) is 9.78 Å². The lowest BCUT2D eigenvalue weighted by molar-refractivity contribution is -0.384. The van der Waals surface area contributed by atoms with Crippen LogP contribution in [0.2, 0.25) is 5.02 Å². The smallest absolute Gasteiger partial charge is 0.282 e. The number of nitro groups is 1. The Morgan fingerprint density at radius 1 is 1.22 bits per heavy atom. The van der Waals surface area contributed by atoms with Gasteiger partial charge < -0.3 is 4.74 Å². The van der Waals surface area contributed by atoms with Crippen LogP contribution < -0.4 is 10.3 Å². The van der Waals surface area contributed by atoms with Crippen LogP contribution in [0.15, 0.2) is 75.0 Å². The molecule has 184 valence electrons. The molecule has 8 nitrogen and oxygen atoms in total. The van der Waals surface area contributed by atoms with Crippen molar-refractivity contribution in [3.63, 3.8) is 0 Å². The first kappa shape index (κ1) is 25.5. The molecule has 3 aromatic carbocycles. The molecule has 0 aliphatic rings. The number of non-ortho nitro benzene ring substituents is 1. The zero-order valence-corrected chi connectivity index (χ0v) is 21.9. The SMILES string of the molecule is CC[C@H](C)c1nc2ccc(Br)cc2c(=O)n1N=Cc1cc(Cl)ccc1OCc1cccc([N+](=O)[O-])c1. The number of rotatable bonds is 8. The van der Waals surface area contributed by atoms with Gasteiger partial charge in [0, 0.05) is 33.1 Å². The average molecular weight is 570 g/mol. The molecule has 0 aliphatic heterocycles. The van der Waals surface area contributed by atoms with Gasteiger partial charge in [-0.1, -0.05) is 53.5 Å². The van der Waals surface area contributed by atoms with Crippen molar-refractivity contribution in [3.05, 3.63) is 108 Å². The highest BCUT2D eigenvalue weighted by Crippen LogP contribution is 2.24. The van der Waals surface area contributed by atoms with E-state index in [2.05, 4.69) is 21.0 Å². The molecule has 4 rings (SSSR count). The summed E-state index contributed by atoms with van der Waals surface area (Å²) in [5.74, 6) is 1.01. The number of hydrogen-bond acceptors (Lipinski definition) is 6. The zero-order chi connectivity index (χ0) is 25.8. The summed E-state index contributed by atoms with van der Waals surface area (Å²) in [5.41, 5.74) is 1.50. The Balaban J connectivity index is 1.72. The maximum Gasteiger partial charge on any atom is 0.282 e. The second-order valence-electron chi connectivity index (χ2n) is 8.20. The Morgan fingerprint density at radius 3 is 2.78 bits per heavy atom. The number of hydrogen-bond donors (Lipinski definition) is 0. The Morgan fingerprint density at radius 2 is 2.03 bits per heavy atom. The van der Waals surface area contributed by atoms with Crippen molar-refractivity contribution >= 4 is 50.3 Å². The number of nitro benzene ring substituents is 1. The molecule has 0 amide bonds. The molecular formula is C26H22BrClN4O4. The Labute approximate surface area is 220 Å². The molecule has 0 spiro atoms. The zero-order valence-electron chi connectivity index (χ0n) is 19.5. The third-order valence-corrected chi connectivity index (χ3v) is 6.41. The van der Waals surface area contributed by atoms with Crippen molar-refractivity contribution in [2.24, 2.45) is 5.10 Å². The second kappa shape index (κ2) is 11.0. The summed E-state index contributed by atoms with van der Waals surface area (Å²) in [4.78, 5) is 28.7. The quantitative estimate of drug-likeness (QED) is 0.134. The van der Waals surface area contributed by atoms with E-state index in [4.69, 9.17) is 21.3 Å². The Kier molecular flexibility index (Phi) is 7.81. The summed E-state index contributed by atoms with van der Waals surface area (Å²) >= 11 is 9.64. The molecule has 0 aliphatic carbocycles. The van der Waals surface area contributed by atoms with Gasteiger partial charge >= 0.3 is 0 Å². The predicted molar refractivity (Wildman–Crippen MR) is 144 cm³/mol. The first-order valence-electron chi connectivity index (χ1n) is 11.2. The van der Waals surface area contributed by atoms with Crippen molar-refractivity contribution in [1.82, 2.24) is 9.66 Å². The highest BCUT2D eigenvalue weighted by Gasteiger charge is 2.16. The van der Waals surface area contributed by atoms with Crippen LogP contribution in [0, 0.1) is 10.1 Å². The van der Waals surface area contributed by atoms with Gasteiger partial charge in [-0.05, 0) is 48.4 Å². The fourth-order valence-corrected chi connectivity index (χ4v) is 4.11. The van der Waals surface area contributed by atoms with Crippen molar-refractivity contribution in [3.8, 4) is 5.75 Å². The maximum atomic E-state index is 13.4. The normalized spacial score (nSPS) is 12.2. The van der Waals surface area contributed by atoms with Gasteiger partial charge in [-0.25, -0.2) is 4.98 Å².